The topological polar surface area (TPSA) is 66.8 Å². The fraction of sp³-hybridized carbons (Fsp3) is 0.409. The zero-order chi connectivity index (χ0) is 20.8. The molecule has 0 saturated carbocycles. The number of aliphatic hydroxyl groups excluding tert-OH is 1. The summed E-state index contributed by atoms with van der Waals surface area (Å²) >= 11 is 7.19. The SMILES string of the molecule is CC(C)c1cc(Cc2c(Br)cc(OCC(=O)CC[C@@H](C)O)cc2Br)ccc1O. The number of phenolic OH excluding ortho intramolecular Hbond substituents is 1. The van der Waals surface area contributed by atoms with Crippen molar-refractivity contribution < 1.29 is 19.7 Å². The highest BCUT2D eigenvalue weighted by Crippen LogP contribution is 2.34. The first kappa shape index (κ1) is 22.9. The van der Waals surface area contributed by atoms with Crippen molar-refractivity contribution in [3.8, 4) is 11.5 Å². The molecule has 0 fully saturated rings. The van der Waals surface area contributed by atoms with Gasteiger partial charge in [0.15, 0.2) is 5.78 Å². The van der Waals surface area contributed by atoms with Crippen LogP contribution in [0.5, 0.6) is 11.5 Å². The number of Topliss-reactive ketones (excluding diaryl/α,β-unsaturated/α-hetero) is 1. The number of halogens is 2. The molecule has 28 heavy (non-hydrogen) atoms. The molecule has 2 rings (SSSR count). The molecule has 6 heteroatoms. The molecule has 0 aliphatic carbocycles. The lowest BCUT2D eigenvalue weighted by Gasteiger charge is -2.14. The lowest BCUT2D eigenvalue weighted by atomic mass is 9.96. The van der Waals surface area contributed by atoms with E-state index in [1.165, 1.54) is 0 Å². The maximum absolute atomic E-state index is 11.8. The van der Waals surface area contributed by atoms with Gasteiger partial charge in [0, 0.05) is 15.4 Å². The van der Waals surface area contributed by atoms with Crippen molar-refractivity contribution in [3.63, 3.8) is 0 Å². The van der Waals surface area contributed by atoms with Crippen molar-refractivity contribution in [1.29, 1.82) is 0 Å². The van der Waals surface area contributed by atoms with E-state index in [1.54, 1.807) is 13.0 Å². The van der Waals surface area contributed by atoms with E-state index >= 15 is 0 Å². The average molecular weight is 514 g/mol. The largest absolute Gasteiger partial charge is 0.508 e. The number of hydrogen-bond acceptors (Lipinski definition) is 4. The van der Waals surface area contributed by atoms with Crippen LogP contribution in [0.3, 0.4) is 0 Å². The zero-order valence-electron chi connectivity index (χ0n) is 16.3. The molecule has 0 heterocycles. The number of rotatable bonds is 9. The van der Waals surface area contributed by atoms with Crippen molar-refractivity contribution in [2.45, 2.75) is 52.1 Å². The van der Waals surface area contributed by atoms with Crippen LogP contribution in [-0.2, 0) is 11.2 Å². The molecule has 0 aromatic heterocycles. The van der Waals surface area contributed by atoms with Gasteiger partial charge in [-0.2, -0.15) is 0 Å². The lowest BCUT2D eigenvalue weighted by Crippen LogP contribution is -2.13. The molecule has 0 unspecified atom stereocenters. The van der Waals surface area contributed by atoms with E-state index in [1.807, 2.05) is 24.3 Å². The molecule has 2 aromatic carbocycles. The zero-order valence-corrected chi connectivity index (χ0v) is 19.5. The summed E-state index contributed by atoms with van der Waals surface area (Å²) in [6.07, 6.45) is 0.952. The molecule has 0 spiro atoms. The van der Waals surface area contributed by atoms with E-state index in [4.69, 9.17) is 4.74 Å². The number of benzene rings is 2. The third-order valence-corrected chi connectivity index (χ3v) is 5.87. The number of ketones is 1. The van der Waals surface area contributed by atoms with Gasteiger partial charge < -0.3 is 14.9 Å². The quantitative estimate of drug-likeness (QED) is 0.448. The Morgan fingerprint density at radius 2 is 1.75 bits per heavy atom. The number of phenols is 1. The first-order chi connectivity index (χ1) is 13.2. The Bertz CT molecular complexity index is 808. The van der Waals surface area contributed by atoms with E-state index in [-0.39, 0.29) is 18.3 Å². The Kier molecular flexibility index (Phi) is 8.53. The molecule has 1 atom stereocenters. The summed E-state index contributed by atoms with van der Waals surface area (Å²) in [7, 11) is 0. The molecule has 0 amide bonds. The minimum Gasteiger partial charge on any atom is -0.508 e. The second-order valence-corrected chi connectivity index (χ2v) is 9.01. The maximum atomic E-state index is 11.8. The van der Waals surface area contributed by atoms with E-state index in [9.17, 15) is 15.0 Å². The van der Waals surface area contributed by atoms with Gasteiger partial charge in [-0.3, -0.25) is 4.79 Å². The van der Waals surface area contributed by atoms with Crippen LogP contribution in [0.2, 0.25) is 0 Å². The molecule has 2 aromatic rings. The van der Waals surface area contributed by atoms with Crippen LogP contribution >= 0.6 is 31.9 Å². The first-order valence-electron chi connectivity index (χ1n) is 9.29. The smallest absolute Gasteiger partial charge is 0.170 e. The number of carbonyl (C=O) groups excluding carboxylic acids is 1. The summed E-state index contributed by atoms with van der Waals surface area (Å²) in [6, 6.07) is 9.40. The number of carbonyl (C=O) groups is 1. The van der Waals surface area contributed by atoms with E-state index < -0.39 is 6.10 Å². The second kappa shape index (κ2) is 10.4. The third-order valence-electron chi connectivity index (χ3n) is 4.45. The van der Waals surface area contributed by atoms with Crippen molar-refractivity contribution >= 4 is 37.6 Å². The third kappa shape index (κ3) is 6.61. The van der Waals surface area contributed by atoms with Gasteiger partial charge >= 0.3 is 0 Å². The van der Waals surface area contributed by atoms with E-state index in [0.29, 0.717) is 30.8 Å². The van der Waals surface area contributed by atoms with Crippen molar-refractivity contribution in [3.05, 3.63) is 56.0 Å². The highest BCUT2D eigenvalue weighted by atomic mass is 79.9. The molecular formula is C22H26Br2O4. The van der Waals surface area contributed by atoms with Crippen LogP contribution in [0.25, 0.3) is 0 Å². The maximum Gasteiger partial charge on any atom is 0.170 e. The Morgan fingerprint density at radius 1 is 1.11 bits per heavy atom. The van der Waals surface area contributed by atoms with Crippen LogP contribution in [-0.4, -0.2) is 28.7 Å². The van der Waals surface area contributed by atoms with Crippen LogP contribution in [0.15, 0.2) is 39.3 Å². The number of hydrogen-bond donors (Lipinski definition) is 2. The second-order valence-electron chi connectivity index (χ2n) is 7.31. The van der Waals surface area contributed by atoms with Crippen LogP contribution < -0.4 is 4.74 Å². The summed E-state index contributed by atoms with van der Waals surface area (Å²) in [5.41, 5.74) is 3.10. The monoisotopic (exact) mass is 512 g/mol. The molecule has 152 valence electrons. The summed E-state index contributed by atoms with van der Waals surface area (Å²) in [5, 5.41) is 19.3. The van der Waals surface area contributed by atoms with Crippen molar-refractivity contribution in [2.75, 3.05) is 6.61 Å². The summed E-state index contributed by atoms with van der Waals surface area (Å²) in [6.45, 7) is 5.76. The highest BCUT2D eigenvalue weighted by molar-refractivity contribution is 9.11. The summed E-state index contributed by atoms with van der Waals surface area (Å²) < 4.78 is 7.37. The Balaban J connectivity index is 2.10. The number of ether oxygens (including phenoxy) is 1. The number of aliphatic hydroxyl groups is 1. The molecule has 0 aliphatic heterocycles. The van der Waals surface area contributed by atoms with Crippen molar-refractivity contribution in [2.24, 2.45) is 0 Å². The Labute approximate surface area is 183 Å². The van der Waals surface area contributed by atoms with Crippen molar-refractivity contribution in [1.82, 2.24) is 0 Å². The summed E-state index contributed by atoms with van der Waals surface area (Å²) in [4.78, 5) is 11.8. The van der Waals surface area contributed by atoms with E-state index in [2.05, 4.69) is 45.7 Å². The molecule has 0 saturated heterocycles. The van der Waals surface area contributed by atoms with Gasteiger partial charge in [0.2, 0.25) is 0 Å². The summed E-state index contributed by atoms with van der Waals surface area (Å²) in [5.74, 6) is 1.12. The van der Waals surface area contributed by atoms with Gasteiger partial charge in [0.05, 0.1) is 6.10 Å². The average Bonchev–Trinajstić information content (AvgIpc) is 2.62. The fourth-order valence-corrected chi connectivity index (χ4v) is 4.24. The fourth-order valence-electron chi connectivity index (χ4n) is 2.82. The highest BCUT2D eigenvalue weighted by Gasteiger charge is 2.13. The molecule has 0 bridgehead atoms. The standard InChI is InChI=1S/C22H26Br2O4/c1-13(2)18-8-15(5-7-22(18)27)9-19-20(23)10-17(11-21(19)24)28-12-16(26)6-4-14(3)25/h5,7-8,10-11,13-14,25,27H,4,6,9,12H2,1-3H3/t14-/m1/s1. The number of aromatic hydroxyl groups is 1. The van der Waals surface area contributed by atoms with E-state index in [0.717, 1.165) is 25.6 Å². The van der Waals surface area contributed by atoms with Crippen LogP contribution in [0.1, 0.15) is 56.2 Å². The molecular weight excluding hydrogens is 488 g/mol. The van der Waals surface area contributed by atoms with Crippen LogP contribution in [0, 0.1) is 0 Å². The van der Waals surface area contributed by atoms with Gasteiger partial charge in [-0.25, -0.2) is 0 Å². The van der Waals surface area contributed by atoms with Gasteiger partial charge in [-0.1, -0.05) is 57.8 Å². The molecule has 0 radical (unpaired) electrons. The minimum atomic E-state index is -0.484. The van der Waals surface area contributed by atoms with Gasteiger partial charge in [-0.15, -0.1) is 0 Å². The van der Waals surface area contributed by atoms with Gasteiger partial charge in [0.25, 0.3) is 0 Å². The predicted molar refractivity (Wildman–Crippen MR) is 118 cm³/mol. The minimum absolute atomic E-state index is 0.0132. The van der Waals surface area contributed by atoms with Crippen LogP contribution in [0.4, 0.5) is 0 Å². The normalized spacial score (nSPS) is 12.2. The first-order valence-corrected chi connectivity index (χ1v) is 10.9. The van der Waals surface area contributed by atoms with Gasteiger partial charge in [0.1, 0.15) is 18.1 Å². The molecule has 2 N–H and O–H groups in total. The predicted octanol–water partition coefficient (Wildman–Crippen LogP) is 5.74. The Hall–Kier alpha value is -1.37. The van der Waals surface area contributed by atoms with Gasteiger partial charge in [-0.05, 0) is 60.6 Å². The molecule has 0 aliphatic rings. The lowest BCUT2D eigenvalue weighted by molar-refractivity contribution is -0.121. The Morgan fingerprint density at radius 3 is 2.32 bits per heavy atom. The molecule has 4 nitrogen and oxygen atoms in total.